The molecule has 2 amide bonds. The van der Waals surface area contributed by atoms with Crippen LogP contribution in [0, 0.1) is 5.82 Å². The molecule has 4 rings (SSSR count). The Labute approximate surface area is 178 Å². The number of hydrogen-bond acceptors (Lipinski definition) is 5. The van der Waals surface area contributed by atoms with Crippen LogP contribution in [0.1, 0.15) is 5.56 Å². The lowest BCUT2D eigenvalue weighted by molar-refractivity contribution is -0.120. The number of hydrogen-bond donors (Lipinski definition) is 1. The van der Waals surface area contributed by atoms with E-state index in [0.29, 0.717) is 22.7 Å². The van der Waals surface area contributed by atoms with E-state index in [9.17, 15) is 14.0 Å². The first kappa shape index (κ1) is 20.2. The molecule has 3 aromatic rings. The topological polar surface area (TPSA) is 67.9 Å². The van der Waals surface area contributed by atoms with E-state index in [0.717, 1.165) is 4.90 Å². The number of amides is 2. The third-order valence-electron chi connectivity index (χ3n) is 4.88. The molecule has 0 spiro atoms. The van der Waals surface area contributed by atoms with Crippen molar-refractivity contribution in [3.8, 4) is 11.5 Å². The van der Waals surface area contributed by atoms with Gasteiger partial charge in [0.2, 0.25) is 0 Å². The highest BCUT2D eigenvalue weighted by Gasteiger charge is 2.41. The summed E-state index contributed by atoms with van der Waals surface area (Å²) in [4.78, 5) is 27.8. The Hall–Kier alpha value is -4.13. The standard InChI is InChI=1S/C24H19FN2O4/c1-30-18-7-5-6-16(14-18)26-22-21(19-8-3-4-9-20(19)31-2)23(28)27(24(22)29)17-12-10-15(25)11-13-17/h3-14,26H,1-2H3. The number of para-hydroxylation sites is 1. The Bertz CT molecular complexity index is 1190. The van der Waals surface area contributed by atoms with Crippen molar-refractivity contribution in [3.63, 3.8) is 0 Å². The van der Waals surface area contributed by atoms with Gasteiger partial charge in [0.15, 0.2) is 0 Å². The Morgan fingerprint density at radius 3 is 2.29 bits per heavy atom. The molecule has 0 aromatic heterocycles. The molecule has 156 valence electrons. The molecule has 1 aliphatic rings. The Balaban J connectivity index is 1.85. The normalized spacial score (nSPS) is 13.6. The van der Waals surface area contributed by atoms with Crippen LogP contribution >= 0.6 is 0 Å². The fraction of sp³-hybridized carbons (Fsp3) is 0.0833. The first-order chi connectivity index (χ1) is 15.0. The molecule has 1 aliphatic heterocycles. The number of imide groups is 1. The molecule has 0 bridgehead atoms. The second kappa shape index (κ2) is 8.31. The van der Waals surface area contributed by atoms with Crippen molar-refractivity contribution in [3.05, 3.63) is 89.9 Å². The summed E-state index contributed by atoms with van der Waals surface area (Å²) < 4.78 is 24.1. The minimum Gasteiger partial charge on any atom is -0.497 e. The van der Waals surface area contributed by atoms with Crippen molar-refractivity contribution >= 4 is 28.8 Å². The van der Waals surface area contributed by atoms with E-state index in [4.69, 9.17) is 9.47 Å². The van der Waals surface area contributed by atoms with Crippen molar-refractivity contribution in [2.75, 3.05) is 24.4 Å². The average Bonchev–Trinajstić information content (AvgIpc) is 3.03. The molecule has 31 heavy (non-hydrogen) atoms. The molecule has 7 heteroatoms. The fourth-order valence-electron chi connectivity index (χ4n) is 3.42. The van der Waals surface area contributed by atoms with Crippen LogP contribution in [-0.4, -0.2) is 26.0 Å². The minimum absolute atomic E-state index is 0.0899. The molecule has 0 saturated carbocycles. The largest absolute Gasteiger partial charge is 0.497 e. The van der Waals surface area contributed by atoms with Gasteiger partial charge in [-0.3, -0.25) is 9.59 Å². The lowest BCUT2D eigenvalue weighted by Gasteiger charge is -2.15. The number of halogens is 1. The van der Waals surface area contributed by atoms with Crippen LogP contribution in [0.3, 0.4) is 0 Å². The van der Waals surface area contributed by atoms with Crippen LogP contribution in [0.15, 0.2) is 78.5 Å². The number of ether oxygens (including phenoxy) is 2. The van der Waals surface area contributed by atoms with Gasteiger partial charge >= 0.3 is 0 Å². The molecule has 0 atom stereocenters. The summed E-state index contributed by atoms with van der Waals surface area (Å²) in [7, 11) is 3.03. The van der Waals surface area contributed by atoms with Gasteiger partial charge in [0.05, 0.1) is 25.5 Å². The summed E-state index contributed by atoms with van der Waals surface area (Å²) in [6.45, 7) is 0. The zero-order valence-corrected chi connectivity index (χ0v) is 16.9. The summed E-state index contributed by atoms with van der Waals surface area (Å²) in [6, 6.07) is 19.1. The van der Waals surface area contributed by atoms with Gasteiger partial charge in [-0.15, -0.1) is 0 Å². The summed E-state index contributed by atoms with van der Waals surface area (Å²) in [5.41, 5.74) is 1.56. The smallest absolute Gasteiger partial charge is 0.282 e. The first-order valence-electron chi connectivity index (χ1n) is 9.46. The predicted molar refractivity (Wildman–Crippen MR) is 115 cm³/mol. The van der Waals surface area contributed by atoms with Crippen LogP contribution < -0.4 is 19.7 Å². The zero-order chi connectivity index (χ0) is 22.0. The Morgan fingerprint density at radius 1 is 0.839 bits per heavy atom. The number of rotatable bonds is 6. The van der Waals surface area contributed by atoms with E-state index in [2.05, 4.69) is 5.32 Å². The Kier molecular flexibility index (Phi) is 5.41. The van der Waals surface area contributed by atoms with Crippen LogP contribution in [0.4, 0.5) is 15.8 Å². The summed E-state index contributed by atoms with van der Waals surface area (Å²) in [6.07, 6.45) is 0. The minimum atomic E-state index is -0.555. The molecule has 0 radical (unpaired) electrons. The molecular weight excluding hydrogens is 399 g/mol. The van der Waals surface area contributed by atoms with Gasteiger partial charge in [0.25, 0.3) is 11.8 Å². The van der Waals surface area contributed by atoms with Gasteiger partial charge in [-0.25, -0.2) is 9.29 Å². The van der Waals surface area contributed by atoms with Crippen molar-refractivity contribution in [2.45, 2.75) is 0 Å². The van der Waals surface area contributed by atoms with Crippen molar-refractivity contribution < 1.29 is 23.5 Å². The number of carbonyl (C=O) groups excluding carboxylic acids is 2. The maximum absolute atomic E-state index is 13.4. The molecule has 0 aliphatic carbocycles. The van der Waals surface area contributed by atoms with Crippen molar-refractivity contribution in [1.29, 1.82) is 0 Å². The van der Waals surface area contributed by atoms with Crippen LogP contribution in [-0.2, 0) is 9.59 Å². The van der Waals surface area contributed by atoms with Gasteiger partial charge in [-0.1, -0.05) is 24.3 Å². The number of carbonyl (C=O) groups is 2. The van der Waals surface area contributed by atoms with Crippen molar-refractivity contribution in [2.24, 2.45) is 0 Å². The summed E-state index contributed by atoms with van der Waals surface area (Å²) >= 11 is 0. The monoisotopic (exact) mass is 418 g/mol. The molecule has 0 fully saturated rings. The molecule has 1 N–H and O–H groups in total. The van der Waals surface area contributed by atoms with Gasteiger partial charge < -0.3 is 14.8 Å². The van der Waals surface area contributed by atoms with Crippen LogP contribution in [0.5, 0.6) is 11.5 Å². The van der Waals surface area contributed by atoms with Crippen molar-refractivity contribution in [1.82, 2.24) is 0 Å². The summed E-state index contributed by atoms with van der Waals surface area (Å²) in [5.74, 6) is -0.511. The Morgan fingerprint density at radius 2 is 1.58 bits per heavy atom. The number of nitrogens with zero attached hydrogens (tertiary/aromatic N) is 1. The van der Waals surface area contributed by atoms with E-state index in [1.165, 1.54) is 31.4 Å². The highest BCUT2D eigenvalue weighted by Crippen LogP contribution is 2.37. The first-order valence-corrected chi connectivity index (χ1v) is 9.46. The molecule has 6 nitrogen and oxygen atoms in total. The zero-order valence-electron chi connectivity index (χ0n) is 16.9. The number of anilines is 2. The highest BCUT2D eigenvalue weighted by molar-refractivity contribution is 6.46. The van der Waals surface area contributed by atoms with Gasteiger partial charge in [0, 0.05) is 17.3 Å². The maximum atomic E-state index is 13.4. The van der Waals surface area contributed by atoms with Gasteiger partial charge in [0.1, 0.15) is 23.0 Å². The van der Waals surface area contributed by atoms with Gasteiger partial charge in [-0.2, -0.15) is 0 Å². The van der Waals surface area contributed by atoms with E-state index in [1.807, 2.05) is 0 Å². The van der Waals surface area contributed by atoms with E-state index < -0.39 is 17.6 Å². The molecule has 0 saturated heterocycles. The van der Waals surface area contributed by atoms with E-state index in [-0.39, 0.29) is 17.0 Å². The lowest BCUT2D eigenvalue weighted by Crippen LogP contribution is -2.32. The van der Waals surface area contributed by atoms with Crippen LogP contribution in [0.2, 0.25) is 0 Å². The molecule has 0 unspecified atom stereocenters. The second-order valence-electron chi connectivity index (χ2n) is 6.73. The maximum Gasteiger partial charge on any atom is 0.282 e. The fourth-order valence-corrected chi connectivity index (χ4v) is 3.42. The number of nitrogens with one attached hydrogen (secondary N) is 1. The second-order valence-corrected chi connectivity index (χ2v) is 6.73. The third-order valence-corrected chi connectivity index (χ3v) is 4.88. The lowest BCUT2D eigenvalue weighted by atomic mass is 10.0. The SMILES string of the molecule is COc1cccc(NC2=C(c3ccccc3OC)C(=O)N(c3ccc(F)cc3)C2=O)c1. The van der Waals surface area contributed by atoms with E-state index in [1.54, 1.807) is 55.6 Å². The molecule has 3 aromatic carbocycles. The highest BCUT2D eigenvalue weighted by atomic mass is 19.1. The van der Waals surface area contributed by atoms with Gasteiger partial charge in [-0.05, 0) is 42.5 Å². The molecular formula is C24H19FN2O4. The quantitative estimate of drug-likeness (QED) is 0.607. The third kappa shape index (κ3) is 3.73. The molecule has 1 heterocycles. The summed E-state index contributed by atoms with van der Waals surface area (Å²) in [5, 5.41) is 3.06. The van der Waals surface area contributed by atoms with E-state index >= 15 is 0 Å². The van der Waals surface area contributed by atoms with Crippen LogP contribution in [0.25, 0.3) is 5.57 Å². The average molecular weight is 418 g/mol. The number of benzene rings is 3. The number of methoxy groups -OCH3 is 2. The predicted octanol–water partition coefficient (Wildman–Crippen LogP) is 4.24.